The SMILES string of the molecule is C=C(C)CCC[C@@H](C)[C@H]1CC[C@@]2(C)[C@@H]3CC[C@H]4C(C)(C)C(O)CC[C@@]45C[C@]35CC[C@]12C. The molecule has 176 valence electrons. The Morgan fingerprint density at radius 1 is 0.903 bits per heavy atom. The van der Waals surface area contributed by atoms with Crippen molar-refractivity contribution in [3.05, 3.63) is 12.2 Å². The molecular formula is C30H50O. The van der Waals surface area contributed by atoms with Gasteiger partial charge in [0.25, 0.3) is 0 Å². The van der Waals surface area contributed by atoms with Gasteiger partial charge >= 0.3 is 0 Å². The zero-order chi connectivity index (χ0) is 22.4. The number of rotatable bonds is 5. The summed E-state index contributed by atoms with van der Waals surface area (Å²) in [5, 5.41) is 10.8. The Morgan fingerprint density at radius 2 is 1.58 bits per heavy atom. The molecule has 9 atom stereocenters. The Kier molecular flexibility index (Phi) is 4.98. The highest BCUT2D eigenvalue weighted by Gasteiger charge is 2.82. The molecule has 2 spiro atoms. The van der Waals surface area contributed by atoms with E-state index in [2.05, 4.69) is 48.1 Å². The van der Waals surface area contributed by atoms with Crippen molar-refractivity contribution >= 4 is 0 Å². The first-order valence-corrected chi connectivity index (χ1v) is 13.8. The number of aliphatic hydroxyl groups excluding tert-OH is 1. The van der Waals surface area contributed by atoms with Crippen LogP contribution in [0.5, 0.6) is 0 Å². The minimum atomic E-state index is -0.0855. The largest absolute Gasteiger partial charge is 0.393 e. The third-order valence-corrected chi connectivity index (χ3v) is 13.1. The topological polar surface area (TPSA) is 20.2 Å². The van der Waals surface area contributed by atoms with Crippen LogP contribution in [-0.2, 0) is 0 Å². The summed E-state index contributed by atoms with van der Waals surface area (Å²) in [4.78, 5) is 0. The minimum absolute atomic E-state index is 0.0855. The van der Waals surface area contributed by atoms with Crippen LogP contribution in [-0.4, -0.2) is 11.2 Å². The van der Waals surface area contributed by atoms with Crippen LogP contribution in [0.3, 0.4) is 0 Å². The molecule has 1 heteroatoms. The van der Waals surface area contributed by atoms with Crippen LogP contribution in [0.2, 0.25) is 0 Å². The molecule has 5 fully saturated rings. The van der Waals surface area contributed by atoms with Crippen molar-refractivity contribution in [1.82, 2.24) is 0 Å². The van der Waals surface area contributed by atoms with E-state index >= 15 is 0 Å². The van der Waals surface area contributed by atoms with Gasteiger partial charge in [0.1, 0.15) is 0 Å². The molecule has 0 aromatic heterocycles. The Labute approximate surface area is 192 Å². The molecule has 5 rings (SSSR count). The second kappa shape index (κ2) is 6.86. The fourth-order valence-corrected chi connectivity index (χ4v) is 11.2. The summed E-state index contributed by atoms with van der Waals surface area (Å²) in [7, 11) is 0. The molecular weight excluding hydrogens is 376 g/mol. The molecule has 31 heavy (non-hydrogen) atoms. The van der Waals surface area contributed by atoms with E-state index in [9.17, 15) is 5.11 Å². The van der Waals surface area contributed by atoms with Crippen LogP contribution in [0.15, 0.2) is 12.2 Å². The molecule has 0 aromatic rings. The van der Waals surface area contributed by atoms with E-state index < -0.39 is 0 Å². The molecule has 5 aliphatic carbocycles. The average molecular weight is 427 g/mol. The third-order valence-electron chi connectivity index (χ3n) is 13.1. The third kappa shape index (κ3) is 2.71. The van der Waals surface area contributed by atoms with E-state index in [0.29, 0.717) is 21.7 Å². The molecule has 0 heterocycles. The molecule has 0 bridgehead atoms. The van der Waals surface area contributed by atoms with Gasteiger partial charge in [0.2, 0.25) is 0 Å². The van der Waals surface area contributed by atoms with Gasteiger partial charge < -0.3 is 5.11 Å². The van der Waals surface area contributed by atoms with Crippen LogP contribution in [0.1, 0.15) is 119 Å². The number of fused-ring (bicyclic) bond motifs is 2. The Balaban J connectivity index is 1.39. The summed E-state index contributed by atoms with van der Waals surface area (Å²) < 4.78 is 0. The molecule has 0 amide bonds. The fourth-order valence-electron chi connectivity index (χ4n) is 11.2. The van der Waals surface area contributed by atoms with Crippen LogP contribution in [0.4, 0.5) is 0 Å². The van der Waals surface area contributed by atoms with E-state index in [0.717, 1.165) is 30.1 Å². The van der Waals surface area contributed by atoms with Gasteiger partial charge in [0.05, 0.1) is 6.10 Å². The molecule has 0 radical (unpaired) electrons. The van der Waals surface area contributed by atoms with Gasteiger partial charge in [-0.15, -0.1) is 6.58 Å². The van der Waals surface area contributed by atoms with E-state index in [1.54, 1.807) is 0 Å². The maximum absolute atomic E-state index is 10.8. The molecule has 0 aromatic carbocycles. The maximum Gasteiger partial charge on any atom is 0.0594 e. The molecule has 1 nitrogen and oxygen atoms in total. The molecule has 0 aliphatic heterocycles. The summed E-state index contributed by atoms with van der Waals surface area (Å²) in [5.74, 6) is 3.46. The maximum atomic E-state index is 10.8. The lowest BCUT2D eigenvalue weighted by molar-refractivity contribution is -0.161. The van der Waals surface area contributed by atoms with Gasteiger partial charge in [-0.05, 0) is 128 Å². The lowest BCUT2D eigenvalue weighted by Gasteiger charge is -2.63. The van der Waals surface area contributed by atoms with Crippen molar-refractivity contribution in [2.45, 2.75) is 125 Å². The minimum Gasteiger partial charge on any atom is -0.393 e. The second-order valence-corrected chi connectivity index (χ2v) is 14.4. The number of hydrogen-bond acceptors (Lipinski definition) is 1. The quantitative estimate of drug-likeness (QED) is 0.439. The highest BCUT2D eigenvalue weighted by Crippen LogP contribution is 2.89. The van der Waals surface area contributed by atoms with Gasteiger partial charge in [-0.3, -0.25) is 0 Å². The Hall–Kier alpha value is -0.300. The summed E-state index contributed by atoms with van der Waals surface area (Å²) in [5.41, 5.74) is 3.74. The number of aliphatic hydroxyl groups is 1. The van der Waals surface area contributed by atoms with Crippen LogP contribution < -0.4 is 0 Å². The van der Waals surface area contributed by atoms with Crippen molar-refractivity contribution in [2.24, 2.45) is 50.7 Å². The summed E-state index contributed by atoms with van der Waals surface area (Å²) in [6, 6.07) is 0. The lowest BCUT2D eigenvalue weighted by atomic mass is 9.41. The van der Waals surface area contributed by atoms with Gasteiger partial charge in [0, 0.05) is 0 Å². The van der Waals surface area contributed by atoms with Crippen molar-refractivity contribution in [1.29, 1.82) is 0 Å². The highest BCUT2D eigenvalue weighted by molar-refractivity contribution is 5.30. The van der Waals surface area contributed by atoms with Crippen molar-refractivity contribution in [3.8, 4) is 0 Å². The lowest BCUT2D eigenvalue weighted by Crippen LogP contribution is -2.57. The first-order chi connectivity index (χ1) is 14.4. The normalized spacial score (nSPS) is 53.0. The first kappa shape index (κ1) is 22.5. The predicted octanol–water partition coefficient (Wildman–Crippen LogP) is 8.17. The zero-order valence-corrected chi connectivity index (χ0v) is 21.5. The fraction of sp³-hybridized carbons (Fsp3) is 0.933. The van der Waals surface area contributed by atoms with Crippen molar-refractivity contribution < 1.29 is 5.11 Å². The average Bonchev–Trinajstić information content (AvgIpc) is 3.27. The molecule has 5 saturated carbocycles. The van der Waals surface area contributed by atoms with Crippen LogP contribution in [0, 0.1) is 50.7 Å². The van der Waals surface area contributed by atoms with Gasteiger partial charge in [-0.2, -0.15) is 0 Å². The van der Waals surface area contributed by atoms with Crippen LogP contribution in [0.25, 0.3) is 0 Å². The smallest absolute Gasteiger partial charge is 0.0594 e. The zero-order valence-electron chi connectivity index (χ0n) is 21.5. The number of allylic oxidation sites excluding steroid dienone is 1. The van der Waals surface area contributed by atoms with Crippen molar-refractivity contribution in [3.63, 3.8) is 0 Å². The summed E-state index contributed by atoms with van der Waals surface area (Å²) in [6.07, 6.45) is 16.4. The predicted molar refractivity (Wildman–Crippen MR) is 131 cm³/mol. The van der Waals surface area contributed by atoms with Crippen molar-refractivity contribution in [2.75, 3.05) is 0 Å². The summed E-state index contributed by atoms with van der Waals surface area (Å²) in [6.45, 7) is 19.1. The molecule has 1 N–H and O–H groups in total. The Morgan fingerprint density at radius 3 is 2.29 bits per heavy atom. The molecule has 1 unspecified atom stereocenters. The molecule has 0 saturated heterocycles. The van der Waals surface area contributed by atoms with E-state index in [1.165, 1.54) is 76.2 Å². The number of hydrogen-bond donors (Lipinski definition) is 1. The Bertz CT molecular complexity index is 752. The van der Waals surface area contributed by atoms with E-state index in [-0.39, 0.29) is 11.5 Å². The van der Waals surface area contributed by atoms with Crippen LogP contribution >= 0.6 is 0 Å². The van der Waals surface area contributed by atoms with Gasteiger partial charge in [-0.1, -0.05) is 46.6 Å². The standard InChI is InChI=1S/C30H50O/c1-20(2)9-8-10-21(3)22-13-15-28(7)24-12-11-23-26(4,5)25(31)14-16-29(23)19-30(24,29)18-17-27(22,28)6/h21-25,31H,1,8-19H2,2-7H3/t21-,22-,23+,24+,25?,27-,28+,29-,30-/m1/s1. The van der Waals surface area contributed by atoms with E-state index in [1.807, 2.05) is 0 Å². The summed E-state index contributed by atoms with van der Waals surface area (Å²) >= 11 is 0. The first-order valence-electron chi connectivity index (χ1n) is 13.8. The molecule has 5 aliphatic rings. The highest BCUT2D eigenvalue weighted by atomic mass is 16.3. The monoisotopic (exact) mass is 426 g/mol. The van der Waals surface area contributed by atoms with Gasteiger partial charge in [-0.25, -0.2) is 0 Å². The van der Waals surface area contributed by atoms with Gasteiger partial charge in [0.15, 0.2) is 0 Å². The van der Waals surface area contributed by atoms with E-state index in [4.69, 9.17) is 0 Å². The second-order valence-electron chi connectivity index (χ2n) is 14.4.